The van der Waals surface area contributed by atoms with Gasteiger partial charge in [0.15, 0.2) is 17.7 Å². The van der Waals surface area contributed by atoms with Crippen molar-refractivity contribution in [3.63, 3.8) is 0 Å². The van der Waals surface area contributed by atoms with Crippen LogP contribution >= 0.6 is 11.6 Å². The molecule has 0 saturated carbocycles. The van der Waals surface area contributed by atoms with Crippen LogP contribution < -0.4 is 4.73 Å². The Bertz CT molecular complexity index is 932. The van der Waals surface area contributed by atoms with Crippen LogP contribution in [0.4, 0.5) is 0 Å². The number of aromatic nitrogens is 2. The van der Waals surface area contributed by atoms with Crippen molar-refractivity contribution < 1.29 is 13.9 Å². The Hall–Kier alpha value is -2.60. The van der Waals surface area contributed by atoms with Crippen LogP contribution in [0.15, 0.2) is 47.0 Å². The molecule has 6 nitrogen and oxygen atoms in total. The molecule has 0 bridgehead atoms. The van der Waals surface area contributed by atoms with Crippen LogP contribution in [0.5, 0.6) is 0 Å². The fourth-order valence-electron chi connectivity index (χ4n) is 3.18. The Morgan fingerprint density at radius 1 is 1.28 bits per heavy atom. The lowest BCUT2D eigenvalue weighted by Gasteiger charge is -2.29. The number of likely N-dealkylation sites (tertiary alicyclic amines) is 1. The first-order valence-corrected chi connectivity index (χ1v) is 8.53. The van der Waals surface area contributed by atoms with Gasteiger partial charge < -0.3 is 14.5 Å². The molecule has 0 N–H and O–H groups in total. The second-order valence-electron chi connectivity index (χ2n) is 6.14. The van der Waals surface area contributed by atoms with E-state index >= 15 is 0 Å². The molecule has 0 radical (unpaired) electrons. The smallest absolute Gasteiger partial charge is 0.319 e. The molecular formula is C18H16ClN3O3. The van der Waals surface area contributed by atoms with Gasteiger partial charge in [0, 0.05) is 36.2 Å². The summed E-state index contributed by atoms with van der Waals surface area (Å²) >= 11 is 5.99. The Kier molecular flexibility index (Phi) is 4.05. The summed E-state index contributed by atoms with van der Waals surface area (Å²) in [5.74, 6) is 0.603. The van der Waals surface area contributed by atoms with Gasteiger partial charge in [-0.05, 0) is 37.1 Å². The van der Waals surface area contributed by atoms with Gasteiger partial charge in [0.1, 0.15) is 5.52 Å². The highest BCUT2D eigenvalue weighted by atomic mass is 35.5. The maximum atomic E-state index is 12.5. The molecule has 7 heteroatoms. The molecule has 4 rings (SSSR count). The van der Waals surface area contributed by atoms with Crippen molar-refractivity contribution in [2.24, 2.45) is 0 Å². The predicted molar refractivity (Wildman–Crippen MR) is 92.3 cm³/mol. The largest absolute Gasteiger partial charge is 0.618 e. The van der Waals surface area contributed by atoms with E-state index in [1.54, 1.807) is 35.2 Å². The van der Waals surface area contributed by atoms with Crippen LogP contribution in [0.25, 0.3) is 11.1 Å². The standard InChI is InChI=1S/C18H16ClN3O3/c19-13-4-5-16-14(11-13)20-17(25-16)12-6-9-21(10-7-12)18(23)15-3-1-2-8-22(15)24/h1-5,8,11-12H,6-7,9-10H2. The highest BCUT2D eigenvalue weighted by Gasteiger charge is 2.30. The lowest BCUT2D eigenvalue weighted by molar-refractivity contribution is -0.608. The second-order valence-corrected chi connectivity index (χ2v) is 6.58. The highest BCUT2D eigenvalue weighted by molar-refractivity contribution is 6.31. The molecule has 0 unspecified atom stereocenters. The molecule has 0 atom stereocenters. The van der Waals surface area contributed by atoms with Gasteiger partial charge in [-0.15, -0.1) is 0 Å². The molecule has 3 heterocycles. The third-order valence-corrected chi connectivity index (χ3v) is 4.78. The number of hydrogen-bond donors (Lipinski definition) is 0. The van der Waals surface area contributed by atoms with Gasteiger partial charge in [-0.3, -0.25) is 4.79 Å². The molecule has 0 spiro atoms. The van der Waals surface area contributed by atoms with Crippen molar-refractivity contribution in [2.75, 3.05) is 13.1 Å². The second kappa shape index (κ2) is 6.37. The van der Waals surface area contributed by atoms with E-state index in [1.165, 1.54) is 6.20 Å². The summed E-state index contributed by atoms with van der Waals surface area (Å²) in [5.41, 5.74) is 1.62. The summed E-state index contributed by atoms with van der Waals surface area (Å²) in [6, 6.07) is 10.2. The van der Waals surface area contributed by atoms with E-state index in [9.17, 15) is 10.0 Å². The zero-order valence-corrected chi connectivity index (χ0v) is 14.1. The molecular weight excluding hydrogens is 342 g/mol. The maximum Gasteiger partial charge on any atom is 0.319 e. The minimum absolute atomic E-state index is 0.150. The quantitative estimate of drug-likeness (QED) is 0.521. The van der Waals surface area contributed by atoms with E-state index in [0.717, 1.165) is 23.9 Å². The number of nitrogens with zero attached hydrogens (tertiary/aromatic N) is 3. The van der Waals surface area contributed by atoms with E-state index in [1.807, 2.05) is 6.07 Å². The van der Waals surface area contributed by atoms with Crippen LogP contribution in [-0.4, -0.2) is 28.9 Å². The summed E-state index contributed by atoms with van der Waals surface area (Å²) in [6.45, 7) is 1.13. The number of hydrogen-bond acceptors (Lipinski definition) is 4. The van der Waals surface area contributed by atoms with E-state index in [-0.39, 0.29) is 17.5 Å². The van der Waals surface area contributed by atoms with Crippen LogP contribution in [0.3, 0.4) is 0 Å². The monoisotopic (exact) mass is 357 g/mol. The number of benzene rings is 1. The van der Waals surface area contributed by atoms with Crippen molar-refractivity contribution in [1.82, 2.24) is 9.88 Å². The van der Waals surface area contributed by atoms with Gasteiger partial charge in [0.2, 0.25) is 0 Å². The molecule has 25 heavy (non-hydrogen) atoms. The molecule has 0 aliphatic carbocycles. The summed E-state index contributed by atoms with van der Waals surface area (Å²) in [5, 5.41) is 12.4. The fourth-order valence-corrected chi connectivity index (χ4v) is 3.34. The Morgan fingerprint density at radius 2 is 2.08 bits per heavy atom. The van der Waals surface area contributed by atoms with E-state index in [2.05, 4.69) is 4.98 Å². The molecule has 3 aromatic rings. The van der Waals surface area contributed by atoms with Gasteiger partial charge in [-0.1, -0.05) is 11.6 Å². The minimum Gasteiger partial charge on any atom is -0.618 e. The third kappa shape index (κ3) is 3.05. The van der Waals surface area contributed by atoms with Gasteiger partial charge >= 0.3 is 5.91 Å². The number of piperidine rings is 1. The number of carbonyl (C=O) groups is 1. The van der Waals surface area contributed by atoms with Crippen molar-refractivity contribution >= 4 is 28.6 Å². The van der Waals surface area contributed by atoms with Crippen molar-refractivity contribution in [3.05, 3.63) is 64.4 Å². The first-order chi connectivity index (χ1) is 12.1. The van der Waals surface area contributed by atoms with Gasteiger partial charge in [0.25, 0.3) is 5.69 Å². The molecule has 1 aromatic carbocycles. The van der Waals surface area contributed by atoms with Crippen LogP contribution in [-0.2, 0) is 0 Å². The summed E-state index contributed by atoms with van der Waals surface area (Å²) < 4.78 is 6.44. The summed E-state index contributed by atoms with van der Waals surface area (Å²) in [6.07, 6.45) is 2.83. The SMILES string of the molecule is O=C(c1cccc[n+]1[O-])N1CCC(c2nc3cc(Cl)ccc3o2)CC1. The average molecular weight is 358 g/mol. The van der Waals surface area contributed by atoms with Crippen molar-refractivity contribution in [3.8, 4) is 0 Å². The third-order valence-electron chi connectivity index (χ3n) is 4.54. The van der Waals surface area contributed by atoms with E-state index < -0.39 is 0 Å². The number of rotatable bonds is 2. The van der Waals surface area contributed by atoms with Crippen molar-refractivity contribution in [2.45, 2.75) is 18.8 Å². The number of pyridine rings is 1. The zero-order chi connectivity index (χ0) is 17.4. The minimum atomic E-state index is -0.238. The Morgan fingerprint density at radius 3 is 2.84 bits per heavy atom. The zero-order valence-electron chi connectivity index (χ0n) is 13.4. The predicted octanol–water partition coefficient (Wildman–Crippen LogP) is 3.13. The number of carbonyl (C=O) groups excluding carboxylic acids is 1. The first kappa shape index (κ1) is 15.9. The number of oxazole rings is 1. The Labute approximate surface area is 149 Å². The molecule has 1 fully saturated rings. The summed E-state index contributed by atoms with van der Waals surface area (Å²) in [7, 11) is 0. The molecule has 1 saturated heterocycles. The number of amides is 1. The normalized spacial score (nSPS) is 15.6. The topological polar surface area (TPSA) is 73.3 Å². The Balaban J connectivity index is 1.47. The number of fused-ring (bicyclic) bond motifs is 1. The molecule has 2 aromatic heterocycles. The molecule has 1 aliphatic heterocycles. The number of halogens is 1. The van der Waals surface area contributed by atoms with Gasteiger partial charge in [-0.25, -0.2) is 4.98 Å². The average Bonchev–Trinajstić information content (AvgIpc) is 3.05. The summed E-state index contributed by atoms with van der Waals surface area (Å²) in [4.78, 5) is 18.7. The maximum absolute atomic E-state index is 12.5. The lowest BCUT2D eigenvalue weighted by Crippen LogP contribution is -2.44. The molecule has 128 valence electrons. The van der Waals surface area contributed by atoms with Gasteiger partial charge in [0.05, 0.1) is 0 Å². The van der Waals surface area contributed by atoms with Gasteiger partial charge in [-0.2, -0.15) is 4.73 Å². The van der Waals surface area contributed by atoms with Crippen LogP contribution in [0.1, 0.15) is 35.1 Å². The highest BCUT2D eigenvalue weighted by Crippen LogP contribution is 2.31. The lowest BCUT2D eigenvalue weighted by atomic mass is 9.96. The van der Waals surface area contributed by atoms with E-state index in [0.29, 0.717) is 28.7 Å². The fraction of sp³-hybridized carbons (Fsp3) is 0.278. The first-order valence-electron chi connectivity index (χ1n) is 8.15. The van der Waals surface area contributed by atoms with Crippen molar-refractivity contribution in [1.29, 1.82) is 0 Å². The van der Waals surface area contributed by atoms with E-state index in [4.69, 9.17) is 16.0 Å². The van der Waals surface area contributed by atoms with Crippen LogP contribution in [0.2, 0.25) is 5.02 Å². The molecule has 1 amide bonds. The van der Waals surface area contributed by atoms with Crippen LogP contribution in [0, 0.1) is 5.21 Å². The molecule has 1 aliphatic rings.